The molecule has 1 amide bonds. The lowest BCUT2D eigenvalue weighted by Gasteiger charge is -2.19. The summed E-state index contributed by atoms with van der Waals surface area (Å²) in [5.74, 6) is -0.234. The molecule has 0 spiro atoms. The zero-order valence-electron chi connectivity index (χ0n) is 16.0. The average molecular weight is 379 g/mol. The summed E-state index contributed by atoms with van der Waals surface area (Å²) in [6, 6.07) is 19.9. The maximum Gasteiger partial charge on any atom is 0.274 e. The van der Waals surface area contributed by atoms with Gasteiger partial charge in [-0.1, -0.05) is 61.5 Å². The normalized spacial score (nSPS) is 11.9. The number of fused-ring (bicyclic) bond motifs is 1. The Kier molecular flexibility index (Phi) is 6.19. The summed E-state index contributed by atoms with van der Waals surface area (Å²) in [5.41, 5.74) is 1.89. The molecule has 28 heavy (non-hydrogen) atoms. The lowest BCUT2D eigenvalue weighted by molar-refractivity contribution is 0.0936. The van der Waals surface area contributed by atoms with Gasteiger partial charge in [0.2, 0.25) is 0 Å². The monoisotopic (exact) mass is 379 g/mol. The van der Waals surface area contributed by atoms with Crippen LogP contribution in [0.25, 0.3) is 16.3 Å². The van der Waals surface area contributed by atoms with Crippen LogP contribution in [0, 0.1) is 6.92 Å². The van der Waals surface area contributed by atoms with E-state index in [2.05, 4.69) is 5.32 Å². The molecule has 2 nitrogen and oxygen atoms in total. The van der Waals surface area contributed by atoms with E-state index in [1.165, 1.54) is 0 Å². The number of nitrogens with one attached hydrogen (secondary N) is 1. The van der Waals surface area contributed by atoms with E-state index < -0.39 is 6.08 Å². The Hall–Kier alpha value is -3.01. The highest BCUT2D eigenvalue weighted by Crippen LogP contribution is 2.29. The van der Waals surface area contributed by atoms with Gasteiger partial charge in [0.25, 0.3) is 12.0 Å². The Morgan fingerprint density at radius 2 is 1.64 bits per heavy atom. The highest BCUT2D eigenvalue weighted by atomic mass is 19.3. The quantitative estimate of drug-likeness (QED) is 0.531. The van der Waals surface area contributed by atoms with E-state index in [-0.39, 0.29) is 23.9 Å². The van der Waals surface area contributed by atoms with Crippen LogP contribution >= 0.6 is 0 Å². The first kappa shape index (κ1) is 19.7. The number of hydrogen-bond acceptors (Lipinski definition) is 1. The second-order valence-corrected chi connectivity index (χ2v) is 6.90. The molecule has 144 valence electrons. The minimum absolute atomic E-state index is 0.0253. The third-order valence-electron chi connectivity index (χ3n) is 4.99. The molecule has 0 heterocycles. The summed E-state index contributed by atoms with van der Waals surface area (Å²) in [6.45, 7) is 3.74. The van der Waals surface area contributed by atoms with Gasteiger partial charge in [-0.3, -0.25) is 4.79 Å². The summed E-state index contributed by atoms with van der Waals surface area (Å²) in [5, 5.41) is 4.83. The van der Waals surface area contributed by atoms with Gasteiger partial charge in [-0.2, -0.15) is 8.78 Å². The van der Waals surface area contributed by atoms with E-state index in [4.69, 9.17) is 0 Å². The molecule has 0 aliphatic rings. The third kappa shape index (κ3) is 4.45. The smallest absolute Gasteiger partial charge is 0.274 e. The van der Waals surface area contributed by atoms with Gasteiger partial charge in [0.1, 0.15) is 0 Å². The van der Waals surface area contributed by atoms with Crippen LogP contribution in [-0.2, 0) is 0 Å². The molecule has 0 radical (unpaired) electrons. The van der Waals surface area contributed by atoms with E-state index in [0.29, 0.717) is 17.5 Å². The Morgan fingerprint density at radius 3 is 2.32 bits per heavy atom. The number of carbonyl (C=O) groups excluding carboxylic acids is 1. The number of carbonyl (C=O) groups is 1. The molecule has 3 aromatic carbocycles. The van der Waals surface area contributed by atoms with Crippen LogP contribution in [0.2, 0.25) is 0 Å². The average Bonchev–Trinajstić information content (AvgIpc) is 2.70. The molecule has 3 rings (SSSR count). The van der Waals surface area contributed by atoms with Crippen LogP contribution in [-0.4, -0.2) is 11.9 Å². The van der Waals surface area contributed by atoms with E-state index in [0.717, 1.165) is 16.3 Å². The molecule has 1 N–H and O–H groups in total. The first-order chi connectivity index (χ1) is 13.5. The molecule has 0 saturated heterocycles. The molecule has 4 heteroatoms. The van der Waals surface area contributed by atoms with Crippen molar-refractivity contribution in [2.24, 2.45) is 0 Å². The molecule has 1 atom stereocenters. The van der Waals surface area contributed by atoms with Gasteiger partial charge in [0, 0.05) is 17.2 Å². The number of halogens is 2. The number of hydrogen-bond donors (Lipinski definition) is 1. The van der Waals surface area contributed by atoms with Gasteiger partial charge in [-0.15, -0.1) is 0 Å². The van der Waals surface area contributed by atoms with E-state index in [1.807, 2.05) is 56.3 Å². The Bertz CT molecular complexity index is 1020. The highest BCUT2D eigenvalue weighted by molar-refractivity contribution is 5.96. The lowest BCUT2D eigenvalue weighted by Crippen LogP contribution is -2.35. The van der Waals surface area contributed by atoms with Crippen molar-refractivity contribution < 1.29 is 13.6 Å². The van der Waals surface area contributed by atoms with Crippen molar-refractivity contribution in [1.29, 1.82) is 0 Å². The fourth-order valence-corrected chi connectivity index (χ4v) is 3.32. The SMILES string of the molecule is CCC(CC(=C(F)F)c1ccc2ccccc2c1)NC(=O)c1ccccc1C. The summed E-state index contributed by atoms with van der Waals surface area (Å²) in [6.07, 6.45) is -1.07. The Labute approximate surface area is 163 Å². The van der Waals surface area contributed by atoms with Crippen LogP contribution in [0.4, 0.5) is 8.78 Å². The fraction of sp³-hybridized carbons (Fsp3) is 0.208. The van der Waals surface area contributed by atoms with Gasteiger partial charge in [-0.05, 0) is 53.8 Å². The number of benzene rings is 3. The predicted octanol–water partition coefficient (Wildman–Crippen LogP) is 6.35. The Balaban J connectivity index is 1.83. The van der Waals surface area contributed by atoms with Gasteiger partial charge >= 0.3 is 0 Å². The maximum atomic E-state index is 13.8. The fourth-order valence-electron chi connectivity index (χ4n) is 3.32. The molecule has 0 aromatic heterocycles. The predicted molar refractivity (Wildman–Crippen MR) is 110 cm³/mol. The molecule has 0 bridgehead atoms. The second kappa shape index (κ2) is 8.79. The molecule has 3 aromatic rings. The van der Waals surface area contributed by atoms with Gasteiger partial charge in [0.15, 0.2) is 0 Å². The van der Waals surface area contributed by atoms with Crippen LogP contribution in [0.3, 0.4) is 0 Å². The van der Waals surface area contributed by atoms with E-state index in [9.17, 15) is 13.6 Å². The van der Waals surface area contributed by atoms with E-state index >= 15 is 0 Å². The molecular weight excluding hydrogens is 356 g/mol. The van der Waals surface area contributed by atoms with Crippen molar-refractivity contribution in [3.63, 3.8) is 0 Å². The maximum absolute atomic E-state index is 13.8. The molecule has 0 aliphatic heterocycles. The Morgan fingerprint density at radius 1 is 0.964 bits per heavy atom. The zero-order valence-corrected chi connectivity index (χ0v) is 16.0. The summed E-state index contributed by atoms with van der Waals surface area (Å²) in [4.78, 5) is 12.6. The van der Waals surface area contributed by atoms with Crippen molar-refractivity contribution in [2.75, 3.05) is 0 Å². The standard InChI is InChI=1S/C24H23F2NO/c1-3-20(27-24(28)21-11-7-4-8-16(21)2)15-22(23(25)26)19-13-12-17-9-5-6-10-18(17)14-19/h4-14,20H,3,15H2,1-2H3,(H,27,28). The minimum Gasteiger partial charge on any atom is -0.349 e. The van der Waals surface area contributed by atoms with Crippen LogP contribution in [0.1, 0.15) is 41.3 Å². The summed E-state index contributed by atoms with van der Waals surface area (Å²) >= 11 is 0. The number of rotatable bonds is 6. The second-order valence-electron chi connectivity index (χ2n) is 6.90. The van der Waals surface area contributed by atoms with Crippen molar-refractivity contribution in [3.05, 3.63) is 89.5 Å². The van der Waals surface area contributed by atoms with Crippen molar-refractivity contribution in [1.82, 2.24) is 5.32 Å². The van der Waals surface area contributed by atoms with Crippen LogP contribution in [0.5, 0.6) is 0 Å². The largest absolute Gasteiger partial charge is 0.349 e. The van der Waals surface area contributed by atoms with Crippen molar-refractivity contribution >= 4 is 22.3 Å². The first-order valence-electron chi connectivity index (χ1n) is 9.39. The minimum atomic E-state index is -1.71. The van der Waals surface area contributed by atoms with Crippen LogP contribution < -0.4 is 5.32 Å². The number of amides is 1. The topological polar surface area (TPSA) is 29.1 Å². The summed E-state index contributed by atoms with van der Waals surface area (Å²) < 4.78 is 27.5. The molecule has 0 fully saturated rings. The molecule has 0 aliphatic carbocycles. The zero-order chi connectivity index (χ0) is 20.1. The van der Waals surface area contributed by atoms with Gasteiger partial charge < -0.3 is 5.32 Å². The van der Waals surface area contributed by atoms with Crippen molar-refractivity contribution in [2.45, 2.75) is 32.7 Å². The third-order valence-corrected chi connectivity index (χ3v) is 4.99. The lowest BCUT2D eigenvalue weighted by atomic mass is 9.95. The van der Waals surface area contributed by atoms with Crippen molar-refractivity contribution in [3.8, 4) is 0 Å². The first-order valence-corrected chi connectivity index (χ1v) is 9.39. The number of aryl methyl sites for hydroxylation is 1. The molecular formula is C24H23F2NO. The molecule has 0 saturated carbocycles. The molecule has 1 unspecified atom stereocenters. The van der Waals surface area contributed by atoms with E-state index in [1.54, 1.807) is 24.3 Å². The summed E-state index contributed by atoms with van der Waals surface area (Å²) in [7, 11) is 0. The van der Waals surface area contributed by atoms with Gasteiger partial charge in [-0.25, -0.2) is 0 Å². The van der Waals surface area contributed by atoms with Crippen LogP contribution in [0.15, 0.2) is 72.8 Å². The van der Waals surface area contributed by atoms with Gasteiger partial charge in [0.05, 0.1) is 0 Å². The highest BCUT2D eigenvalue weighted by Gasteiger charge is 2.19.